The van der Waals surface area contributed by atoms with Gasteiger partial charge in [-0.2, -0.15) is 0 Å². The molecule has 5 heteroatoms. The quantitative estimate of drug-likeness (QED) is 0.741. The topological polar surface area (TPSA) is 61.4 Å². The van der Waals surface area contributed by atoms with Gasteiger partial charge in [-0.15, -0.1) is 12.4 Å². The molecule has 4 aliphatic carbocycles. The van der Waals surface area contributed by atoms with Gasteiger partial charge in [0, 0.05) is 18.5 Å². The van der Waals surface area contributed by atoms with Crippen LogP contribution in [0.25, 0.3) is 0 Å². The Labute approximate surface area is 139 Å². The van der Waals surface area contributed by atoms with Crippen LogP contribution in [0.4, 0.5) is 0 Å². The van der Waals surface area contributed by atoms with Gasteiger partial charge >= 0.3 is 0 Å². The van der Waals surface area contributed by atoms with Crippen LogP contribution in [-0.2, 0) is 4.79 Å². The molecule has 1 atom stereocenters. The van der Waals surface area contributed by atoms with Crippen molar-refractivity contribution in [1.29, 1.82) is 0 Å². The first-order valence-electron chi connectivity index (χ1n) is 8.78. The van der Waals surface area contributed by atoms with E-state index in [9.17, 15) is 9.90 Å². The number of amides is 1. The van der Waals surface area contributed by atoms with Gasteiger partial charge in [0.05, 0.1) is 5.60 Å². The Morgan fingerprint density at radius 1 is 1.14 bits per heavy atom. The lowest BCUT2D eigenvalue weighted by Gasteiger charge is -2.55. The molecule has 5 rings (SSSR count). The number of aliphatic hydroxyl groups is 1. The number of nitrogens with one attached hydrogen (secondary N) is 2. The number of carbonyl (C=O) groups excluding carboxylic acids is 1. The molecular weight excluding hydrogens is 300 g/mol. The molecule has 4 bridgehead atoms. The van der Waals surface area contributed by atoms with Crippen LogP contribution in [0.15, 0.2) is 0 Å². The van der Waals surface area contributed by atoms with Gasteiger partial charge in [0.2, 0.25) is 5.91 Å². The number of halogens is 1. The summed E-state index contributed by atoms with van der Waals surface area (Å²) in [7, 11) is 0. The molecule has 1 amide bonds. The molecule has 0 aromatic heterocycles. The Morgan fingerprint density at radius 3 is 2.23 bits per heavy atom. The Balaban J connectivity index is 0.00000144. The predicted octanol–water partition coefficient (Wildman–Crippen LogP) is 1.86. The average Bonchev–Trinajstić information content (AvgIpc) is 2.44. The number of piperidine rings is 1. The molecule has 5 fully saturated rings. The van der Waals surface area contributed by atoms with Gasteiger partial charge in [-0.25, -0.2) is 0 Å². The van der Waals surface area contributed by atoms with E-state index in [1.165, 1.54) is 19.3 Å². The van der Waals surface area contributed by atoms with E-state index >= 15 is 0 Å². The van der Waals surface area contributed by atoms with Gasteiger partial charge in [0.15, 0.2) is 0 Å². The third-order valence-corrected chi connectivity index (χ3v) is 6.55. The monoisotopic (exact) mass is 328 g/mol. The summed E-state index contributed by atoms with van der Waals surface area (Å²) in [6.45, 7) is 2.00. The molecule has 4 saturated carbocycles. The van der Waals surface area contributed by atoms with E-state index in [1.807, 2.05) is 0 Å². The maximum absolute atomic E-state index is 12.8. The van der Waals surface area contributed by atoms with Gasteiger partial charge in [0.25, 0.3) is 0 Å². The van der Waals surface area contributed by atoms with Crippen molar-refractivity contribution in [2.75, 3.05) is 19.6 Å². The minimum Gasteiger partial charge on any atom is -0.387 e. The van der Waals surface area contributed by atoms with Crippen LogP contribution in [0.3, 0.4) is 0 Å². The van der Waals surface area contributed by atoms with E-state index in [2.05, 4.69) is 10.6 Å². The van der Waals surface area contributed by atoms with Crippen LogP contribution < -0.4 is 10.6 Å². The molecule has 0 radical (unpaired) electrons. The number of hydrogen-bond acceptors (Lipinski definition) is 3. The molecule has 1 heterocycles. The van der Waals surface area contributed by atoms with Gasteiger partial charge < -0.3 is 15.7 Å². The molecule has 0 aromatic carbocycles. The first kappa shape index (κ1) is 16.5. The van der Waals surface area contributed by atoms with Crippen molar-refractivity contribution in [3.05, 3.63) is 0 Å². The first-order chi connectivity index (χ1) is 10.1. The summed E-state index contributed by atoms with van der Waals surface area (Å²) >= 11 is 0. The molecule has 3 N–H and O–H groups in total. The second kappa shape index (κ2) is 5.95. The highest BCUT2D eigenvalue weighted by Crippen LogP contribution is 2.60. The van der Waals surface area contributed by atoms with E-state index < -0.39 is 5.60 Å². The number of carbonyl (C=O) groups is 1. The van der Waals surface area contributed by atoms with Crippen molar-refractivity contribution < 1.29 is 9.90 Å². The fourth-order valence-electron chi connectivity index (χ4n) is 5.92. The zero-order valence-electron chi connectivity index (χ0n) is 13.3. The van der Waals surface area contributed by atoms with Crippen molar-refractivity contribution in [2.45, 2.75) is 57.0 Å². The van der Waals surface area contributed by atoms with E-state index in [4.69, 9.17) is 0 Å². The summed E-state index contributed by atoms with van der Waals surface area (Å²) < 4.78 is 0. The van der Waals surface area contributed by atoms with E-state index in [0.717, 1.165) is 56.4 Å². The molecule has 126 valence electrons. The molecule has 0 spiro atoms. The second-order valence-electron chi connectivity index (χ2n) is 8.39. The lowest BCUT2D eigenvalue weighted by molar-refractivity contribution is -0.147. The standard InChI is InChI=1S/C17H28N2O2.ClH/c20-15(19-11-17(21)2-1-3-18-10-17)16-7-12-4-13(8-16)6-14(5-12)9-16;/h12-14,18,21H,1-11H2,(H,19,20);1H. The SMILES string of the molecule is Cl.O=C(NCC1(O)CCCNC1)C12CC3CC(CC(C3)C1)C2. The van der Waals surface area contributed by atoms with Gasteiger partial charge in [0.1, 0.15) is 0 Å². The average molecular weight is 329 g/mol. The van der Waals surface area contributed by atoms with E-state index in [-0.39, 0.29) is 23.7 Å². The number of rotatable bonds is 3. The Bertz CT molecular complexity index is 399. The van der Waals surface area contributed by atoms with Gasteiger partial charge in [-0.1, -0.05) is 0 Å². The van der Waals surface area contributed by atoms with Crippen LogP contribution in [0, 0.1) is 23.2 Å². The molecule has 1 unspecified atom stereocenters. The lowest BCUT2D eigenvalue weighted by Crippen LogP contribution is -2.58. The molecule has 0 aromatic rings. The largest absolute Gasteiger partial charge is 0.387 e. The van der Waals surface area contributed by atoms with E-state index in [1.54, 1.807) is 0 Å². The Hall–Kier alpha value is -0.320. The van der Waals surface area contributed by atoms with Crippen LogP contribution in [-0.4, -0.2) is 36.2 Å². The number of hydrogen-bond donors (Lipinski definition) is 3. The van der Waals surface area contributed by atoms with Crippen molar-refractivity contribution >= 4 is 18.3 Å². The molecule has 1 saturated heterocycles. The van der Waals surface area contributed by atoms with Crippen molar-refractivity contribution in [3.8, 4) is 0 Å². The zero-order chi connectivity index (χ0) is 14.5. The summed E-state index contributed by atoms with van der Waals surface area (Å²) in [4.78, 5) is 12.8. The first-order valence-corrected chi connectivity index (χ1v) is 8.78. The maximum atomic E-state index is 12.8. The lowest BCUT2D eigenvalue weighted by atomic mass is 9.49. The summed E-state index contributed by atoms with van der Waals surface area (Å²) in [5.41, 5.74) is -0.830. The second-order valence-corrected chi connectivity index (χ2v) is 8.39. The minimum atomic E-state index is -0.740. The van der Waals surface area contributed by atoms with Crippen LogP contribution in [0.5, 0.6) is 0 Å². The van der Waals surface area contributed by atoms with Crippen molar-refractivity contribution in [1.82, 2.24) is 10.6 Å². The van der Waals surface area contributed by atoms with Crippen LogP contribution in [0.1, 0.15) is 51.4 Å². The van der Waals surface area contributed by atoms with Crippen molar-refractivity contribution in [3.63, 3.8) is 0 Å². The highest BCUT2D eigenvalue weighted by Gasteiger charge is 2.54. The Kier molecular flexibility index (Phi) is 4.47. The van der Waals surface area contributed by atoms with Crippen molar-refractivity contribution in [2.24, 2.45) is 23.2 Å². The summed E-state index contributed by atoms with van der Waals surface area (Å²) in [6.07, 6.45) is 9.16. The number of β-amino-alcohol motifs (C(OH)–C–C–N with tert-alkyl or cyclic N) is 1. The summed E-state index contributed by atoms with van der Waals surface area (Å²) in [5.74, 6) is 2.62. The third-order valence-electron chi connectivity index (χ3n) is 6.55. The molecule has 1 aliphatic heterocycles. The predicted molar refractivity (Wildman–Crippen MR) is 87.9 cm³/mol. The highest BCUT2D eigenvalue weighted by atomic mass is 35.5. The summed E-state index contributed by atoms with van der Waals surface area (Å²) in [5, 5.41) is 16.9. The van der Waals surface area contributed by atoms with Crippen LogP contribution >= 0.6 is 12.4 Å². The summed E-state index contributed by atoms with van der Waals surface area (Å²) in [6, 6.07) is 0. The smallest absolute Gasteiger partial charge is 0.226 e. The zero-order valence-corrected chi connectivity index (χ0v) is 14.1. The molecule has 5 aliphatic rings. The van der Waals surface area contributed by atoms with Crippen LogP contribution in [0.2, 0.25) is 0 Å². The molecule has 22 heavy (non-hydrogen) atoms. The Morgan fingerprint density at radius 2 is 1.73 bits per heavy atom. The molecular formula is C17H29ClN2O2. The normalized spacial score (nSPS) is 46.1. The maximum Gasteiger partial charge on any atom is 0.226 e. The highest BCUT2D eigenvalue weighted by molar-refractivity contribution is 5.85. The minimum absolute atomic E-state index is 0. The van der Waals surface area contributed by atoms with E-state index in [0.29, 0.717) is 13.1 Å². The third kappa shape index (κ3) is 2.90. The molecule has 4 nitrogen and oxygen atoms in total. The van der Waals surface area contributed by atoms with Gasteiger partial charge in [-0.05, 0) is 75.7 Å². The fourth-order valence-corrected chi connectivity index (χ4v) is 5.92. The fraction of sp³-hybridized carbons (Fsp3) is 0.941. The van der Waals surface area contributed by atoms with Gasteiger partial charge in [-0.3, -0.25) is 4.79 Å².